The molecule has 1 aliphatic heterocycles. The standard InChI is InChI=1S/C14H18N2O3S/c1-11-10-20(17,18)6-5-16(11)9-13-7-12(8-15)3-4-14(13)19-2/h3-4,7,11H,5-6,9-10H2,1-2H3. The number of benzene rings is 1. The summed E-state index contributed by atoms with van der Waals surface area (Å²) in [6, 6.07) is 7.38. The molecular weight excluding hydrogens is 276 g/mol. The zero-order chi connectivity index (χ0) is 14.8. The fraction of sp³-hybridized carbons (Fsp3) is 0.500. The van der Waals surface area contributed by atoms with Crippen LogP contribution in [-0.2, 0) is 16.4 Å². The fourth-order valence-electron chi connectivity index (χ4n) is 2.46. The lowest BCUT2D eigenvalue weighted by molar-refractivity contribution is 0.215. The number of ether oxygens (including phenoxy) is 1. The van der Waals surface area contributed by atoms with Crippen LogP contribution >= 0.6 is 0 Å². The molecule has 1 aliphatic rings. The van der Waals surface area contributed by atoms with Crippen LogP contribution in [0.3, 0.4) is 0 Å². The predicted octanol–water partition coefficient (Wildman–Crippen LogP) is 1.19. The van der Waals surface area contributed by atoms with E-state index in [0.29, 0.717) is 18.7 Å². The molecule has 0 saturated carbocycles. The monoisotopic (exact) mass is 294 g/mol. The normalized spacial score (nSPS) is 22.1. The van der Waals surface area contributed by atoms with Crippen molar-refractivity contribution in [1.29, 1.82) is 5.26 Å². The summed E-state index contributed by atoms with van der Waals surface area (Å²) in [6.45, 7) is 3.02. The Hall–Kier alpha value is -1.58. The van der Waals surface area contributed by atoms with Crippen molar-refractivity contribution in [2.45, 2.75) is 19.5 Å². The molecule has 1 heterocycles. The molecule has 6 heteroatoms. The largest absolute Gasteiger partial charge is 0.496 e. The number of hydrogen-bond acceptors (Lipinski definition) is 5. The van der Waals surface area contributed by atoms with Gasteiger partial charge in [-0.2, -0.15) is 5.26 Å². The van der Waals surface area contributed by atoms with Gasteiger partial charge in [0, 0.05) is 24.7 Å². The minimum atomic E-state index is -2.91. The first kappa shape index (κ1) is 14.8. The van der Waals surface area contributed by atoms with Gasteiger partial charge in [-0.25, -0.2) is 8.42 Å². The first-order valence-corrected chi connectivity index (χ1v) is 8.29. The zero-order valence-corrected chi connectivity index (χ0v) is 12.5. The predicted molar refractivity (Wildman–Crippen MR) is 76.2 cm³/mol. The number of nitrogens with zero attached hydrogens (tertiary/aromatic N) is 2. The van der Waals surface area contributed by atoms with Crippen molar-refractivity contribution in [1.82, 2.24) is 4.90 Å². The lowest BCUT2D eigenvalue weighted by atomic mass is 10.1. The van der Waals surface area contributed by atoms with E-state index in [2.05, 4.69) is 11.0 Å². The first-order chi connectivity index (χ1) is 9.45. The minimum absolute atomic E-state index is 0.0239. The number of methoxy groups -OCH3 is 1. The maximum Gasteiger partial charge on any atom is 0.153 e. The quantitative estimate of drug-likeness (QED) is 0.837. The van der Waals surface area contributed by atoms with E-state index in [0.717, 1.165) is 11.3 Å². The molecule has 0 bridgehead atoms. The Morgan fingerprint density at radius 3 is 2.85 bits per heavy atom. The topological polar surface area (TPSA) is 70.4 Å². The van der Waals surface area contributed by atoms with Gasteiger partial charge in [-0.15, -0.1) is 0 Å². The molecule has 1 aromatic carbocycles. The third-order valence-electron chi connectivity index (χ3n) is 3.59. The molecule has 108 valence electrons. The highest BCUT2D eigenvalue weighted by atomic mass is 32.2. The maximum atomic E-state index is 11.6. The van der Waals surface area contributed by atoms with Gasteiger partial charge in [0.1, 0.15) is 5.75 Å². The molecule has 0 amide bonds. The lowest BCUT2D eigenvalue weighted by Crippen LogP contribution is -2.46. The molecule has 1 aromatic rings. The van der Waals surface area contributed by atoms with Crippen LogP contribution in [0.1, 0.15) is 18.1 Å². The van der Waals surface area contributed by atoms with Crippen LogP contribution in [0.5, 0.6) is 5.75 Å². The molecule has 1 fully saturated rings. The number of hydrogen-bond donors (Lipinski definition) is 0. The van der Waals surface area contributed by atoms with Crippen molar-refractivity contribution in [2.24, 2.45) is 0 Å². The lowest BCUT2D eigenvalue weighted by Gasteiger charge is -2.33. The Morgan fingerprint density at radius 2 is 2.25 bits per heavy atom. The molecule has 0 N–H and O–H groups in total. The van der Waals surface area contributed by atoms with Gasteiger partial charge in [0.25, 0.3) is 0 Å². The third-order valence-corrected chi connectivity index (χ3v) is 5.39. The Kier molecular flexibility index (Phi) is 4.31. The SMILES string of the molecule is COc1ccc(C#N)cc1CN1CCS(=O)(=O)CC1C. The molecule has 1 unspecified atom stereocenters. The Morgan fingerprint density at radius 1 is 1.50 bits per heavy atom. The number of nitriles is 1. The van der Waals surface area contributed by atoms with Crippen molar-refractivity contribution in [2.75, 3.05) is 25.2 Å². The van der Waals surface area contributed by atoms with Gasteiger partial charge in [0.2, 0.25) is 0 Å². The molecule has 1 atom stereocenters. The number of sulfone groups is 1. The van der Waals surface area contributed by atoms with Crippen molar-refractivity contribution in [3.05, 3.63) is 29.3 Å². The van der Waals surface area contributed by atoms with Crippen LogP contribution in [0.2, 0.25) is 0 Å². The fourth-order valence-corrected chi connectivity index (χ4v) is 4.08. The molecule has 0 spiro atoms. The molecule has 1 saturated heterocycles. The summed E-state index contributed by atoms with van der Waals surface area (Å²) >= 11 is 0. The highest BCUT2D eigenvalue weighted by Crippen LogP contribution is 2.23. The van der Waals surface area contributed by atoms with Crippen molar-refractivity contribution in [3.8, 4) is 11.8 Å². The van der Waals surface area contributed by atoms with Crippen LogP contribution in [0.25, 0.3) is 0 Å². The summed E-state index contributed by atoms with van der Waals surface area (Å²) in [5.74, 6) is 1.11. The third kappa shape index (κ3) is 3.30. The van der Waals surface area contributed by atoms with Gasteiger partial charge >= 0.3 is 0 Å². The molecule has 0 radical (unpaired) electrons. The maximum absolute atomic E-state index is 11.6. The van der Waals surface area contributed by atoms with E-state index in [1.54, 1.807) is 25.3 Å². The molecule has 0 aromatic heterocycles. The molecular formula is C14H18N2O3S. The summed E-state index contributed by atoms with van der Waals surface area (Å²) in [5, 5.41) is 8.97. The van der Waals surface area contributed by atoms with Gasteiger partial charge in [0.15, 0.2) is 9.84 Å². The van der Waals surface area contributed by atoms with Crippen molar-refractivity contribution >= 4 is 9.84 Å². The smallest absolute Gasteiger partial charge is 0.153 e. The average Bonchev–Trinajstić information content (AvgIpc) is 2.41. The van der Waals surface area contributed by atoms with E-state index in [9.17, 15) is 8.42 Å². The Labute approximate surface area is 119 Å². The second-order valence-electron chi connectivity index (χ2n) is 5.07. The van der Waals surface area contributed by atoms with Gasteiger partial charge < -0.3 is 4.74 Å². The van der Waals surface area contributed by atoms with E-state index in [1.807, 2.05) is 6.92 Å². The van der Waals surface area contributed by atoms with Crippen molar-refractivity contribution < 1.29 is 13.2 Å². The van der Waals surface area contributed by atoms with E-state index >= 15 is 0 Å². The Bertz CT molecular complexity index is 634. The molecule has 5 nitrogen and oxygen atoms in total. The number of rotatable bonds is 3. The van der Waals surface area contributed by atoms with E-state index in [-0.39, 0.29) is 17.5 Å². The van der Waals surface area contributed by atoms with Gasteiger partial charge in [0.05, 0.1) is 30.2 Å². The van der Waals surface area contributed by atoms with Gasteiger partial charge in [-0.05, 0) is 25.1 Å². The van der Waals surface area contributed by atoms with Crippen molar-refractivity contribution in [3.63, 3.8) is 0 Å². The highest BCUT2D eigenvalue weighted by molar-refractivity contribution is 7.91. The summed E-state index contributed by atoms with van der Waals surface area (Å²) in [5.41, 5.74) is 1.50. The van der Waals surface area contributed by atoms with Crippen LogP contribution in [0, 0.1) is 11.3 Å². The second kappa shape index (κ2) is 5.81. The highest BCUT2D eigenvalue weighted by Gasteiger charge is 2.28. The second-order valence-corrected chi connectivity index (χ2v) is 7.30. The summed E-state index contributed by atoms with van der Waals surface area (Å²) in [6.07, 6.45) is 0. The van der Waals surface area contributed by atoms with Crippen LogP contribution < -0.4 is 4.74 Å². The Balaban J connectivity index is 2.20. The summed E-state index contributed by atoms with van der Waals surface area (Å²) in [4.78, 5) is 2.11. The van der Waals surface area contributed by atoms with E-state index in [4.69, 9.17) is 10.00 Å². The summed E-state index contributed by atoms with van der Waals surface area (Å²) < 4.78 is 28.5. The van der Waals surface area contributed by atoms with Crippen LogP contribution in [-0.4, -0.2) is 44.5 Å². The first-order valence-electron chi connectivity index (χ1n) is 6.46. The molecule has 0 aliphatic carbocycles. The molecule has 2 rings (SSSR count). The van der Waals surface area contributed by atoms with Gasteiger partial charge in [-0.3, -0.25) is 4.90 Å². The van der Waals surface area contributed by atoms with Crippen LogP contribution in [0.4, 0.5) is 0 Å². The summed E-state index contributed by atoms with van der Waals surface area (Å²) in [7, 11) is -1.32. The van der Waals surface area contributed by atoms with Gasteiger partial charge in [-0.1, -0.05) is 0 Å². The molecule has 20 heavy (non-hydrogen) atoms. The van der Waals surface area contributed by atoms with E-state index < -0.39 is 9.84 Å². The van der Waals surface area contributed by atoms with E-state index in [1.165, 1.54) is 0 Å². The average molecular weight is 294 g/mol. The minimum Gasteiger partial charge on any atom is -0.496 e. The zero-order valence-electron chi connectivity index (χ0n) is 11.7. The van der Waals surface area contributed by atoms with Crippen LogP contribution in [0.15, 0.2) is 18.2 Å².